The molecule has 2 aromatic carbocycles. The Labute approximate surface area is 156 Å². The third kappa shape index (κ3) is 3.97. The number of ether oxygens (including phenoxy) is 1. The van der Waals surface area contributed by atoms with Crippen LogP contribution in [0.4, 0.5) is 0 Å². The van der Waals surface area contributed by atoms with Crippen molar-refractivity contribution >= 4 is 28.5 Å². The first-order valence-electron chi connectivity index (χ1n) is 8.59. The molecule has 3 rings (SSSR count). The smallest absolute Gasteiger partial charge is 0.343 e. The van der Waals surface area contributed by atoms with Gasteiger partial charge in [0.25, 0.3) is 0 Å². The lowest BCUT2D eigenvalue weighted by Gasteiger charge is -2.13. The Hall–Kier alpha value is -2.59. The molecule has 0 aliphatic heterocycles. The fourth-order valence-electron chi connectivity index (χ4n) is 2.77. The van der Waals surface area contributed by atoms with Crippen LogP contribution in [0.3, 0.4) is 0 Å². The summed E-state index contributed by atoms with van der Waals surface area (Å²) in [6.07, 6.45) is 2.18. The zero-order valence-electron chi connectivity index (χ0n) is 14.5. The summed E-state index contributed by atoms with van der Waals surface area (Å²) >= 11 is 6.32. The molecular formula is C21H19ClO4. The van der Waals surface area contributed by atoms with Gasteiger partial charge in [-0.3, -0.25) is 4.79 Å². The summed E-state index contributed by atoms with van der Waals surface area (Å²) < 4.78 is 11.0. The molecular weight excluding hydrogens is 352 g/mol. The van der Waals surface area contributed by atoms with E-state index >= 15 is 0 Å². The molecule has 26 heavy (non-hydrogen) atoms. The second kappa shape index (κ2) is 8.19. The minimum Gasteiger partial charge on any atom is -0.425 e. The van der Waals surface area contributed by atoms with Gasteiger partial charge in [0.05, 0.1) is 16.0 Å². The van der Waals surface area contributed by atoms with Gasteiger partial charge in [0.1, 0.15) is 5.58 Å². The van der Waals surface area contributed by atoms with Crippen LogP contribution in [0.1, 0.15) is 37.3 Å². The van der Waals surface area contributed by atoms with Crippen LogP contribution < -0.4 is 10.4 Å². The highest BCUT2D eigenvalue weighted by molar-refractivity contribution is 6.35. The molecule has 0 aliphatic carbocycles. The maximum Gasteiger partial charge on any atom is 0.343 e. The van der Waals surface area contributed by atoms with Crippen molar-refractivity contribution in [3.8, 4) is 5.75 Å². The first kappa shape index (κ1) is 18.2. The number of benzene rings is 2. The predicted octanol–water partition coefficient (Wildman–Crippen LogP) is 5.13. The van der Waals surface area contributed by atoms with E-state index < -0.39 is 5.63 Å². The van der Waals surface area contributed by atoms with Crippen LogP contribution in [0, 0.1) is 0 Å². The number of carbonyl (C=O) groups is 1. The fourth-order valence-corrected chi connectivity index (χ4v) is 3.02. The Bertz CT molecular complexity index is 976. The molecule has 0 radical (unpaired) electrons. The standard InChI is InChI=1S/C21H19ClO4/c1-2-3-12-18(23)26-20-15(13-14-8-5-4-6-9-14)21(24)25-17-11-7-10-16(22)19(17)20/h4-11H,2-3,12-13H2,1H3. The van der Waals surface area contributed by atoms with E-state index in [2.05, 4.69) is 0 Å². The number of hydrogen-bond donors (Lipinski definition) is 0. The van der Waals surface area contributed by atoms with Gasteiger partial charge in [-0.1, -0.05) is 61.3 Å². The van der Waals surface area contributed by atoms with Gasteiger partial charge in [-0.15, -0.1) is 0 Å². The van der Waals surface area contributed by atoms with E-state index in [0.717, 1.165) is 18.4 Å². The monoisotopic (exact) mass is 370 g/mol. The minimum atomic E-state index is -0.526. The van der Waals surface area contributed by atoms with Crippen molar-refractivity contribution in [2.45, 2.75) is 32.6 Å². The van der Waals surface area contributed by atoms with Crippen LogP contribution in [0.2, 0.25) is 5.02 Å². The lowest BCUT2D eigenvalue weighted by molar-refractivity contribution is -0.134. The van der Waals surface area contributed by atoms with Crippen molar-refractivity contribution < 1.29 is 13.9 Å². The fraction of sp³-hybridized carbons (Fsp3) is 0.238. The minimum absolute atomic E-state index is 0.201. The van der Waals surface area contributed by atoms with Crippen molar-refractivity contribution in [1.82, 2.24) is 0 Å². The van der Waals surface area contributed by atoms with Crippen LogP contribution in [0.15, 0.2) is 57.7 Å². The molecule has 0 saturated heterocycles. The predicted molar refractivity (Wildman–Crippen MR) is 102 cm³/mol. The molecule has 0 unspecified atom stereocenters. The molecule has 0 fully saturated rings. The van der Waals surface area contributed by atoms with Gasteiger partial charge in [0, 0.05) is 12.8 Å². The maximum absolute atomic E-state index is 12.6. The van der Waals surface area contributed by atoms with E-state index in [1.165, 1.54) is 0 Å². The quantitative estimate of drug-likeness (QED) is 0.445. The number of halogens is 1. The van der Waals surface area contributed by atoms with Gasteiger partial charge in [-0.2, -0.15) is 0 Å². The molecule has 0 amide bonds. The first-order chi connectivity index (χ1) is 12.6. The molecule has 0 atom stereocenters. The molecule has 4 nitrogen and oxygen atoms in total. The van der Waals surface area contributed by atoms with E-state index in [9.17, 15) is 9.59 Å². The normalized spacial score (nSPS) is 10.8. The van der Waals surface area contributed by atoms with E-state index in [-0.39, 0.29) is 18.1 Å². The summed E-state index contributed by atoms with van der Waals surface area (Å²) in [5, 5.41) is 0.823. The summed E-state index contributed by atoms with van der Waals surface area (Å²) in [7, 11) is 0. The highest BCUT2D eigenvalue weighted by atomic mass is 35.5. The van der Waals surface area contributed by atoms with Crippen LogP contribution in [-0.4, -0.2) is 5.97 Å². The third-order valence-corrected chi connectivity index (χ3v) is 4.41. The average Bonchev–Trinajstić information content (AvgIpc) is 2.63. The zero-order valence-corrected chi connectivity index (χ0v) is 15.2. The van der Waals surface area contributed by atoms with E-state index in [1.807, 2.05) is 37.3 Å². The number of carbonyl (C=O) groups excluding carboxylic acids is 1. The molecule has 1 aromatic heterocycles. The SMILES string of the molecule is CCCCC(=O)Oc1c(Cc2ccccc2)c(=O)oc2cccc(Cl)c12. The molecule has 134 valence electrons. The summed E-state index contributed by atoms with van der Waals surface area (Å²) in [5.41, 5.74) is 0.984. The van der Waals surface area contributed by atoms with Crippen molar-refractivity contribution in [2.75, 3.05) is 0 Å². The molecule has 0 N–H and O–H groups in total. The number of hydrogen-bond acceptors (Lipinski definition) is 4. The molecule has 0 bridgehead atoms. The summed E-state index contributed by atoms with van der Waals surface area (Å²) in [6, 6.07) is 14.5. The summed E-state index contributed by atoms with van der Waals surface area (Å²) in [4.78, 5) is 24.8. The number of unbranched alkanes of at least 4 members (excludes halogenated alkanes) is 1. The van der Waals surface area contributed by atoms with Gasteiger partial charge in [0.2, 0.25) is 0 Å². The van der Waals surface area contributed by atoms with Gasteiger partial charge >= 0.3 is 11.6 Å². The zero-order chi connectivity index (χ0) is 18.5. The van der Waals surface area contributed by atoms with Crippen LogP contribution in [0.5, 0.6) is 5.75 Å². The van der Waals surface area contributed by atoms with Gasteiger partial charge in [0.15, 0.2) is 5.75 Å². The lowest BCUT2D eigenvalue weighted by Crippen LogP contribution is -2.16. The van der Waals surface area contributed by atoms with E-state index in [0.29, 0.717) is 28.0 Å². The highest BCUT2D eigenvalue weighted by Crippen LogP contribution is 2.34. The Morgan fingerprint density at radius 3 is 2.62 bits per heavy atom. The molecule has 1 heterocycles. The van der Waals surface area contributed by atoms with Gasteiger partial charge in [-0.25, -0.2) is 4.79 Å². The number of esters is 1. The highest BCUT2D eigenvalue weighted by Gasteiger charge is 2.21. The Morgan fingerprint density at radius 2 is 1.88 bits per heavy atom. The molecule has 0 aliphatic rings. The van der Waals surface area contributed by atoms with Crippen molar-refractivity contribution in [1.29, 1.82) is 0 Å². The lowest BCUT2D eigenvalue weighted by atomic mass is 10.0. The Kier molecular flexibility index (Phi) is 5.74. The molecule has 0 spiro atoms. The Balaban J connectivity index is 2.13. The average molecular weight is 371 g/mol. The van der Waals surface area contributed by atoms with Crippen LogP contribution in [-0.2, 0) is 11.2 Å². The third-order valence-electron chi connectivity index (χ3n) is 4.10. The summed E-state index contributed by atoms with van der Waals surface area (Å²) in [6.45, 7) is 2.00. The van der Waals surface area contributed by atoms with Crippen LogP contribution >= 0.6 is 11.6 Å². The number of fused-ring (bicyclic) bond motifs is 1. The van der Waals surface area contributed by atoms with Crippen molar-refractivity contribution in [3.63, 3.8) is 0 Å². The molecule has 0 saturated carbocycles. The molecule has 5 heteroatoms. The largest absolute Gasteiger partial charge is 0.425 e. The van der Waals surface area contributed by atoms with Crippen molar-refractivity contribution in [2.24, 2.45) is 0 Å². The second-order valence-corrected chi connectivity index (χ2v) is 6.46. The summed E-state index contributed by atoms with van der Waals surface area (Å²) in [5.74, 6) is -0.181. The number of rotatable bonds is 6. The Morgan fingerprint density at radius 1 is 1.12 bits per heavy atom. The van der Waals surface area contributed by atoms with Gasteiger partial charge < -0.3 is 9.15 Å². The maximum atomic E-state index is 12.6. The first-order valence-corrected chi connectivity index (χ1v) is 8.96. The van der Waals surface area contributed by atoms with E-state index in [1.54, 1.807) is 18.2 Å². The van der Waals surface area contributed by atoms with Gasteiger partial charge in [-0.05, 0) is 24.1 Å². The van der Waals surface area contributed by atoms with Crippen molar-refractivity contribution in [3.05, 3.63) is 75.1 Å². The second-order valence-electron chi connectivity index (χ2n) is 6.05. The van der Waals surface area contributed by atoms with E-state index in [4.69, 9.17) is 20.8 Å². The topological polar surface area (TPSA) is 56.5 Å². The molecule has 3 aromatic rings. The van der Waals surface area contributed by atoms with Crippen LogP contribution in [0.25, 0.3) is 11.0 Å².